The number of rotatable bonds is 1. The van der Waals surface area contributed by atoms with Crippen molar-refractivity contribution < 1.29 is 13.9 Å². The molecule has 0 fully saturated rings. The van der Waals surface area contributed by atoms with Crippen LogP contribution < -0.4 is 9.64 Å². The normalized spacial score (nSPS) is 14.1. The summed E-state index contributed by atoms with van der Waals surface area (Å²) in [7, 11) is 0. The molecule has 18 heavy (non-hydrogen) atoms. The SMILES string of the molecule is O=C1COc2ccccc2N1c1cccc(F)c1. The molecule has 0 radical (unpaired) electrons. The van der Waals surface area contributed by atoms with Crippen molar-refractivity contribution in [2.24, 2.45) is 0 Å². The van der Waals surface area contributed by atoms with Gasteiger partial charge in [0, 0.05) is 0 Å². The number of benzene rings is 2. The van der Waals surface area contributed by atoms with Gasteiger partial charge in [0.1, 0.15) is 11.6 Å². The van der Waals surface area contributed by atoms with Crippen LogP contribution in [0.4, 0.5) is 15.8 Å². The van der Waals surface area contributed by atoms with E-state index in [-0.39, 0.29) is 18.3 Å². The fourth-order valence-corrected chi connectivity index (χ4v) is 2.00. The van der Waals surface area contributed by atoms with Gasteiger partial charge in [-0.1, -0.05) is 18.2 Å². The van der Waals surface area contributed by atoms with Crippen LogP contribution in [0.15, 0.2) is 48.5 Å². The molecule has 1 aliphatic heterocycles. The molecule has 0 N–H and O–H groups in total. The Bertz CT molecular complexity index is 612. The van der Waals surface area contributed by atoms with Gasteiger partial charge in [-0.05, 0) is 30.3 Å². The lowest BCUT2D eigenvalue weighted by atomic mass is 10.2. The first-order chi connectivity index (χ1) is 8.75. The van der Waals surface area contributed by atoms with Crippen molar-refractivity contribution in [2.45, 2.75) is 0 Å². The van der Waals surface area contributed by atoms with E-state index in [4.69, 9.17) is 4.74 Å². The van der Waals surface area contributed by atoms with E-state index in [1.165, 1.54) is 17.0 Å². The summed E-state index contributed by atoms with van der Waals surface area (Å²) < 4.78 is 18.6. The summed E-state index contributed by atoms with van der Waals surface area (Å²) in [6.45, 7) is -0.0342. The van der Waals surface area contributed by atoms with Gasteiger partial charge in [-0.25, -0.2) is 4.39 Å². The summed E-state index contributed by atoms with van der Waals surface area (Å²) in [6.07, 6.45) is 0. The Morgan fingerprint density at radius 2 is 1.94 bits per heavy atom. The molecule has 0 saturated carbocycles. The molecule has 2 aromatic carbocycles. The van der Waals surface area contributed by atoms with E-state index in [2.05, 4.69) is 0 Å². The number of carbonyl (C=O) groups excluding carboxylic acids is 1. The van der Waals surface area contributed by atoms with E-state index >= 15 is 0 Å². The quantitative estimate of drug-likeness (QED) is 0.770. The van der Waals surface area contributed by atoms with E-state index < -0.39 is 0 Å². The zero-order valence-electron chi connectivity index (χ0n) is 9.47. The largest absolute Gasteiger partial charge is 0.482 e. The Morgan fingerprint density at radius 1 is 1.11 bits per heavy atom. The van der Waals surface area contributed by atoms with Crippen molar-refractivity contribution >= 4 is 17.3 Å². The van der Waals surface area contributed by atoms with Gasteiger partial charge in [-0.2, -0.15) is 0 Å². The van der Waals surface area contributed by atoms with Crippen LogP contribution in [0.3, 0.4) is 0 Å². The molecule has 0 aromatic heterocycles. The fraction of sp³-hybridized carbons (Fsp3) is 0.0714. The van der Waals surface area contributed by atoms with Crippen molar-refractivity contribution in [3.8, 4) is 5.75 Å². The lowest BCUT2D eigenvalue weighted by Gasteiger charge is -2.29. The van der Waals surface area contributed by atoms with Gasteiger partial charge in [0.05, 0.1) is 11.4 Å². The minimum absolute atomic E-state index is 0.0342. The lowest BCUT2D eigenvalue weighted by molar-refractivity contribution is -0.120. The predicted octanol–water partition coefficient (Wildman–Crippen LogP) is 2.88. The second-order valence-electron chi connectivity index (χ2n) is 3.97. The summed E-state index contributed by atoms with van der Waals surface area (Å²) in [6, 6.07) is 13.2. The average Bonchev–Trinajstić information content (AvgIpc) is 2.38. The maximum atomic E-state index is 13.3. The summed E-state index contributed by atoms with van der Waals surface area (Å²) in [5.74, 6) is 0.0462. The fourth-order valence-electron chi connectivity index (χ4n) is 2.00. The highest BCUT2D eigenvalue weighted by Gasteiger charge is 2.26. The highest BCUT2D eigenvalue weighted by Crippen LogP contribution is 2.36. The van der Waals surface area contributed by atoms with Gasteiger partial charge >= 0.3 is 0 Å². The lowest BCUT2D eigenvalue weighted by Crippen LogP contribution is -2.35. The second-order valence-corrected chi connectivity index (χ2v) is 3.97. The summed E-state index contributed by atoms with van der Waals surface area (Å²) in [5, 5.41) is 0. The number of fused-ring (bicyclic) bond motifs is 1. The molecular formula is C14H10FNO2. The molecule has 0 aliphatic carbocycles. The van der Waals surface area contributed by atoms with Crippen molar-refractivity contribution in [1.82, 2.24) is 0 Å². The standard InChI is InChI=1S/C14H10FNO2/c15-10-4-3-5-11(8-10)16-12-6-1-2-7-13(12)18-9-14(16)17/h1-8H,9H2. The Morgan fingerprint density at radius 3 is 2.78 bits per heavy atom. The minimum Gasteiger partial charge on any atom is -0.482 e. The summed E-state index contributed by atoms with van der Waals surface area (Å²) >= 11 is 0. The summed E-state index contributed by atoms with van der Waals surface area (Å²) in [5.41, 5.74) is 1.15. The smallest absolute Gasteiger partial charge is 0.269 e. The molecule has 2 aromatic rings. The highest BCUT2D eigenvalue weighted by molar-refractivity contribution is 6.04. The molecule has 0 spiro atoms. The number of hydrogen-bond acceptors (Lipinski definition) is 2. The number of amides is 1. The zero-order chi connectivity index (χ0) is 12.5. The van der Waals surface area contributed by atoms with Gasteiger partial charge in [-0.15, -0.1) is 0 Å². The van der Waals surface area contributed by atoms with Crippen LogP contribution in [-0.2, 0) is 4.79 Å². The number of para-hydroxylation sites is 2. The molecule has 3 rings (SSSR count). The van der Waals surface area contributed by atoms with E-state index in [1.807, 2.05) is 12.1 Å². The van der Waals surface area contributed by atoms with Crippen LogP contribution in [-0.4, -0.2) is 12.5 Å². The van der Waals surface area contributed by atoms with E-state index in [1.54, 1.807) is 24.3 Å². The second kappa shape index (κ2) is 4.14. The van der Waals surface area contributed by atoms with Crippen LogP contribution in [0.5, 0.6) is 5.75 Å². The van der Waals surface area contributed by atoms with Crippen LogP contribution in [0.25, 0.3) is 0 Å². The van der Waals surface area contributed by atoms with Crippen molar-refractivity contribution in [3.63, 3.8) is 0 Å². The average molecular weight is 243 g/mol. The third kappa shape index (κ3) is 1.72. The van der Waals surface area contributed by atoms with Crippen LogP contribution in [0.1, 0.15) is 0 Å². The Kier molecular flexibility index (Phi) is 2.48. The molecule has 0 saturated heterocycles. The molecule has 90 valence electrons. The van der Waals surface area contributed by atoms with Crippen molar-refractivity contribution in [1.29, 1.82) is 0 Å². The molecule has 0 unspecified atom stereocenters. The number of carbonyl (C=O) groups is 1. The molecular weight excluding hydrogens is 233 g/mol. The summed E-state index contributed by atoms with van der Waals surface area (Å²) in [4.78, 5) is 13.4. The molecule has 0 bridgehead atoms. The number of hydrogen-bond donors (Lipinski definition) is 0. The van der Waals surface area contributed by atoms with Gasteiger partial charge < -0.3 is 4.74 Å². The van der Waals surface area contributed by atoms with Gasteiger partial charge in [0.25, 0.3) is 5.91 Å². The number of nitrogens with zero attached hydrogens (tertiary/aromatic N) is 1. The number of anilines is 2. The Balaban J connectivity index is 2.13. The first-order valence-corrected chi connectivity index (χ1v) is 5.56. The van der Waals surface area contributed by atoms with Crippen LogP contribution in [0.2, 0.25) is 0 Å². The minimum atomic E-state index is -0.371. The predicted molar refractivity (Wildman–Crippen MR) is 65.5 cm³/mol. The zero-order valence-corrected chi connectivity index (χ0v) is 9.47. The topological polar surface area (TPSA) is 29.5 Å². The van der Waals surface area contributed by atoms with Gasteiger partial charge in [0.2, 0.25) is 0 Å². The third-order valence-electron chi connectivity index (χ3n) is 2.77. The first kappa shape index (κ1) is 10.8. The molecule has 1 heterocycles. The molecule has 4 heteroatoms. The third-order valence-corrected chi connectivity index (χ3v) is 2.77. The van der Waals surface area contributed by atoms with Gasteiger partial charge in [0.15, 0.2) is 6.61 Å². The van der Waals surface area contributed by atoms with Crippen molar-refractivity contribution in [2.75, 3.05) is 11.5 Å². The van der Waals surface area contributed by atoms with E-state index in [0.717, 1.165) is 0 Å². The monoisotopic (exact) mass is 243 g/mol. The molecule has 3 nitrogen and oxygen atoms in total. The van der Waals surface area contributed by atoms with E-state index in [9.17, 15) is 9.18 Å². The maximum Gasteiger partial charge on any atom is 0.269 e. The van der Waals surface area contributed by atoms with Crippen molar-refractivity contribution in [3.05, 3.63) is 54.3 Å². The molecule has 1 amide bonds. The Hall–Kier alpha value is -2.36. The van der Waals surface area contributed by atoms with Gasteiger partial charge in [-0.3, -0.25) is 9.69 Å². The highest BCUT2D eigenvalue weighted by atomic mass is 19.1. The molecule has 1 aliphatic rings. The van der Waals surface area contributed by atoms with Crippen LogP contribution >= 0.6 is 0 Å². The molecule has 0 atom stereocenters. The first-order valence-electron chi connectivity index (χ1n) is 5.56. The Labute approximate surface area is 103 Å². The number of halogens is 1. The van der Waals surface area contributed by atoms with Crippen LogP contribution in [0, 0.1) is 5.82 Å². The number of ether oxygens (including phenoxy) is 1. The van der Waals surface area contributed by atoms with E-state index in [0.29, 0.717) is 17.1 Å². The maximum absolute atomic E-state index is 13.3.